The molecule has 1 rings (SSSR count). The van der Waals surface area contributed by atoms with E-state index in [0.717, 1.165) is 5.69 Å². The molecule has 0 aliphatic heterocycles. The van der Waals surface area contributed by atoms with Gasteiger partial charge in [0.2, 0.25) is 0 Å². The Labute approximate surface area is 86.0 Å². The van der Waals surface area contributed by atoms with Crippen LogP contribution in [0.4, 0.5) is 5.69 Å². The zero-order valence-corrected chi connectivity index (χ0v) is 9.17. The van der Waals surface area contributed by atoms with E-state index in [4.69, 9.17) is 5.11 Å². The van der Waals surface area contributed by atoms with Crippen molar-refractivity contribution in [3.63, 3.8) is 0 Å². The number of aliphatic hydroxyl groups is 1. The van der Waals surface area contributed by atoms with Crippen molar-refractivity contribution in [2.45, 2.75) is 26.7 Å². The second-order valence-corrected chi connectivity index (χ2v) is 3.88. The number of nitrogens with one attached hydrogen (secondary N) is 1. The molecule has 0 atom stereocenters. The molecule has 0 saturated carbocycles. The standard InChI is InChI=1S/C12H19NO/c1-9(2)11-5-4-10(3)12(8-11)13-6-7-14/h4-5,8-9,13-14H,6-7H2,1-3H3. The van der Waals surface area contributed by atoms with Crippen LogP contribution < -0.4 is 5.32 Å². The molecule has 2 N–H and O–H groups in total. The van der Waals surface area contributed by atoms with Gasteiger partial charge in [-0.15, -0.1) is 0 Å². The van der Waals surface area contributed by atoms with Gasteiger partial charge < -0.3 is 10.4 Å². The molecule has 14 heavy (non-hydrogen) atoms. The molecule has 1 aromatic carbocycles. The number of aliphatic hydroxyl groups excluding tert-OH is 1. The SMILES string of the molecule is Cc1ccc(C(C)C)cc1NCCO. The molecule has 0 saturated heterocycles. The van der Waals surface area contributed by atoms with Crippen LogP contribution in [-0.2, 0) is 0 Å². The van der Waals surface area contributed by atoms with E-state index in [-0.39, 0.29) is 6.61 Å². The summed E-state index contributed by atoms with van der Waals surface area (Å²) in [4.78, 5) is 0. The van der Waals surface area contributed by atoms with Gasteiger partial charge in [0.1, 0.15) is 0 Å². The number of benzene rings is 1. The highest BCUT2D eigenvalue weighted by atomic mass is 16.3. The zero-order valence-electron chi connectivity index (χ0n) is 9.17. The Morgan fingerprint density at radius 1 is 1.36 bits per heavy atom. The average molecular weight is 193 g/mol. The number of anilines is 1. The Kier molecular flexibility index (Phi) is 3.96. The van der Waals surface area contributed by atoms with Crippen LogP contribution in [0.15, 0.2) is 18.2 Å². The van der Waals surface area contributed by atoms with E-state index in [0.29, 0.717) is 12.5 Å². The van der Waals surface area contributed by atoms with Gasteiger partial charge in [0.25, 0.3) is 0 Å². The molecule has 78 valence electrons. The topological polar surface area (TPSA) is 32.3 Å². The number of aryl methyl sites for hydroxylation is 1. The molecule has 1 aromatic rings. The summed E-state index contributed by atoms with van der Waals surface area (Å²) in [5, 5.41) is 11.9. The molecule has 0 heterocycles. The summed E-state index contributed by atoms with van der Waals surface area (Å²) in [5.41, 5.74) is 3.68. The Bertz CT molecular complexity index is 294. The van der Waals surface area contributed by atoms with E-state index >= 15 is 0 Å². The summed E-state index contributed by atoms with van der Waals surface area (Å²) in [6, 6.07) is 6.44. The van der Waals surface area contributed by atoms with Crippen LogP contribution in [0.3, 0.4) is 0 Å². The zero-order chi connectivity index (χ0) is 10.6. The summed E-state index contributed by atoms with van der Waals surface area (Å²) in [6.07, 6.45) is 0. The van der Waals surface area contributed by atoms with Crippen LogP contribution in [0.2, 0.25) is 0 Å². The van der Waals surface area contributed by atoms with Gasteiger partial charge in [-0.1, -0.05) is 26.0 Å². The highest BCUT2D eigenvalue weighted by Crippen LogP contribution is 2.21. The second-order valence-electron chi connectivity index (χ2n) is 3.88. The molecule has 2 heteroatoms. The van der Waals surface area contributed by atoms with Crippen molar-refractivity contribution < 1.29 is 5.11 Å². The lowest BCUT2D eigenvalue weighted by Gasteiger charge is -2.12. The minimum absolute atomic E-state index is 0.172. The maximum absolute atomic E-state index is 8.73. The fourth-order valence-electron chi connectivity index (χ4n) is 1.38. The van der Waals surface area contributed by atoms with Crippen LogP contribution in [0.1, 0.15) is 30.9 Å². The van der Waals surface area contributed by atoms with E-state index in [1.54, 1.807) is 0 Å². The molecule has 0 bridgehead atoms. The van der Waals surface area contributed by atoms with E-state index in [1.807, 2.05) is 0 Å². The van der Waals surface area contributed by atoms with Crippen molar-refractivity contribution in [1.82, 2.24) is 0 Å². The lowest BCUT2D eigenvalue weighted by Crippen LogP contribution is -2.07. The molecular formula is C12H19NO. The smallest absolute Gasteiger partial charge is 0.0604 e. The Morgan fingerprint density at radius 3 is 2.64 bits per heavy atom. The van der Waals surface area contributed by atoms with Crippen molar-refractivity contribution in [1.29, 1.82) is 0 Å². The van der Waals surface area contributed by atoms with Gasteiger partial charge in [-0.25, -0.2) is 0 Å². The van der Waals surface area contributed by atoms with Crippen molar-refractivity contribution in [3.8, 4) is 0 Å². The molecule has 2 nitrogen and oxygen atoms in total. The number of hydrogen-bond acceptors (Lipinski definition) is 2. The number of hydrogen-bond donors (Lipinski definition) is 2. The second kappa shape index (κ2) is 5.01. The molecule has 0 radical (unpaired) electrons. The summed E-state index contributed by atoms with van der Waals surface area (Å²) in [7, 11) is 0. The van der Waals surface area contributed by atoms with Gasteiger partial charge in [0, 0.05) is 12.2 Å². The van der Waals surface area contributed by atoms with Crippen LogP contribution >= 0.6 is 0 Å². The fraction of sp³-hybridized carbons (Fsp3) is 0.500. The van der Waals surface area contributed by atoms with Crippen molar-refractivity contribution in [2.75, 3.05) is 18.5 Å². The predicted octanol–water partition coefficient (Wildman–Crippen LogP) is 2.52. The third-order valence-electron chi connectivity index (χ3n) is 2.36. The van der Waals surface area contributed by atoms with Gasteiger partial charge in [0.05, 0.1) is 6.61 Å². The van der Waals surface area contributed by atoms with Crippen LogP contribution in [0, 0.1) is 6.92 Å². The highest BCUT2D eigenvalue weighted by molar-refractivity contribution is 5.53. The maximum atomic E-state index is 8.73. The first-order valence-corrected chi connectivity index (χ1v) is 5.10. The first-order chi connectivity index (χ1) is 6.65. The molecule has 0 aliphatic rings. The van der Waals surface area contributed by atoms with Crippen LogP contribution in [-0.4, -0.2) is 18.3 Å². The first-order valence-electron chi connectivity index (χ1n) is 5.10. The molecule has 0 aromatic heterocycles. The average Bonchev–Trinajstić information content (AvgIpc) is 2.16. The third kappa shape index (κ3) is 2.74. The minimum Gasteiger partial charge on any atom is -0.395 e. The predicted molar refractivity (Wildman–Crippen MR) is 60.8 cm³/mol. The molecule has 0 unspecified atom stereocenters. The highest BCUT2D eigenvalue weighted by Gasteiger charge is 2.02. The van der Waals surface area contributed by atoms with Gasteiger partial charge in [0.15, 0.2) is 0 Å². The van der Waals surface area contributed by atoms with Crippen molar-refractivity contribution in [3.05, 3.63) is 29.3 Å². The molecule has 0 spiro atoms. The Morgan fingerprint density at radius 2 is 2.07 bits per heavy atom. The maximum Gasteiger partial charge on any atom is 0.0604 e. The van der Waals surface area contributed by atoms with Crippen LogP contribution in [0.25, 0.3) is 0 Å². The minimum atomic E-state index is 0.172. The van der Waals surface area contributed by atoms with E-state index in [9.17, 15) is 0 Å². The molecule has 0 fully saturated rings. The van der Waals surface area contributed by atoms with Crippen molar-refractivity contribution in [2.24, 2.45) is 0 Å². The fourth-order valence-corrected chi connectivity index (χ4v) is 1.38. The van der Waals surface area contributed by atoms with E-state index in [1.165, 1.54) is 11.1 Å². The summed E-state index contributed by atoms with van der Waals surface area (Å²) in [6.45, 7) is 7.22. The Hall–Kier alpha value is -1.02. The van der Waals surface area contributed by atoms with Crippen LogP contribution in [0.5, 0.6) is 0 Å². The molecule has 0 aliphatic carbocycles. The first kappa shape index (κ1) is 11.1. The quantitative estimate of drug-likeness (QED) is 0.770. The monoisotopic (exact) mass is 193 g/mol. The summed E-state index contributed by atoms with van der Waals surface area (Å²) < 4.78 is 0. The van der Waals surface area contributed by atoms with Gasteiger partial charge >= 0.3 is 0 Å². The lowest BCUT2D eigenvalue weighted by atomic mass is 10.0. The van der Waals surface area contributed by atoms with Crippen molar-refractivity contribution >= 4 is 5.69 Å². The van der Waals surface area contributed by atoms with Gasteiger partial charge in [-0.3, -0.25) is 0 Å². The lowest BCUT2D eigenvalue weighted by molar-refractivity contribution is 0.311. The normalized spacial score (nSPS) is 10.6. The largest absolute Gasteiger partial charge is 0.395 e. The van der Waals surface area contributed by atoms with E-state index < -0.39 is 0 Å². The summed E-state index contributed by atoms with van der Waals surface area (Å²) >= 11 is 0. The van der Waals surface area contributed by atoms with Gasteiger partial charge in [-0.05, 0) is 30.0 Å². The third-order valence-corrected chi connectivity index (χ3v) is 2.36. The molecule has 0 amide bonds. The number of rotatable bonds is 4. The summed E-state index contributed by atoms with van der Waals surface area (Å²) in [5.74, 6) is 0.547. The Balaban J connectivity index is 2.85. The van der Waals surface area contributed by atoms with Gasteiger partial charge in [-0.2, -0.15) is 0 Å². The molecular weight excluding hydrogens is 174 g/mol. The van der Waals surface area contributed by atoms with E-state index in [2.05, 4.69) is 44.3 Å².